The Kier molecular flexibility index (Phi) is 11.3. The summed E-state index contributed by atoms with van der Waals surface area (Å²) < 4.78 is 43.1. The highest BCUT2D eigenvalue weighted by Crippen LogP contribution is 2.22. The Hall–Kier alpha value is -2.22. The standard InChI is InChI=1S/C11H19NO6S.C11H19NO4S/c1-11(2,3)18-10(14)12-5-6-19(15,16)8(7-12)9(13)17-4;1-11(2,3)16-10(14)12-5-6-17-8(7-12)9(13)15-4/h8H,5-7H2,1-4H3;8H,5-7H2,1-4H3. The summed E-state index contributed by atoms with van der Waals surface area (Å²) in [7, 11) is -1.10. The zero-order valence-corrected chi connectivity index (χ0v) is 23.8. The van der Waals surface area contributed by atoms with Gasteiger partial charge in [-0.3, -0.25) is 9.59 Å². The van der Waals surface area contributed by atoms with E-state index in [-0.39, 0.29) is 36.2 Å². The number of amides is 2. The van der Waals surface area contributed by atoms with Crippen molar-refractivity contribution in [2.24, 2.45) is 0 Å². The average Bonchev–Trinajstić information content (AvgIpc) is 2.76. The molecular weight excluding hydrogens is 516 g/mol. The summed E-state index contributed by atoms with van der Waals surface area (Å²) >= 11 is 1.51. The second-order valence-corrected chi connectivity index (χ2v) is 13.7. The van der Waals surface area contributed by atoms with Gasteiger partial charge >= 0.3 is 24.1 Å². The van der Waals surface area contributed by atoms with E-state index in [0.717, 1.165) is 12.9 Å². The number of hydrogen-bond acceptors (Lipinski definition) is 11. The predicted molar refractivity (Wildman–Crippen MR) is 133 cm³/mol. The minimum Gasteiger partial charge on any atom is -0.468 e. The molecule has 14 heteroatoms. The third-order valence-electron chi connectivity index (χ3n) is 4.76. The molecule has 2 aliphatic heterocycles. The summed E-state index contributed by atoms with van der Waals surface area (Å²) in [4.78, 5) is 49.3. The Bertz CT molecular complexity index is 909. The van der Waals surface area contributed by atoms with Crippen LogP contribution in [0.15, 0.2) is 0 Å². The zero-order chi connectivity index (χ0) is 27.9. The number of esters is 2. The van der Waals surface area contributed by atoms with Crippen LogP contribution in [0, 0.1) is 0 Å². The first kappa shape index (κ1) is 31.8. The molecule has 2 fully saturated rings. The summed E-state index contributed by atoms with van der Waals surface area (Å²) in [6.45, 7) is 11.3. The van der Waals surface area contributed by atoms with E-state index in [1.54, 1.807) is 25.7 Å². The number of nitrogens with zero attached hydrogens (tertiary/aromatic N) is 2. The highest BCUT2D eigenvalue weighted by atomic mass is 32.2. The number of carbonyl (C=O) groups is 4. The average molecular weight is 555 g/mol. The van der Waals surface area contributed by atoms with Crippen LogP contribution in [0.1, 0.15) is 41.5 Å². The number of ether oxygens (including phenoxy) is 4. The van der Waals surface area contributed by atoms with Crippen molar-refractivity contribution in [3.05, 3.63) is 0 Å². The van der Waals surface area contributed by atoms with Gasteiger partial charge < -0.3 is 28.7 Å². The normalized spacial score (nSPS) is 21.9. The molecule has 0 saturated carbocycles. The molecule has 0 aliphatic carbocycles. The molecule has 0 aromatic rings. The molecule has 2 atom stereocenters. The van der Waals surface area contributed by atoms with Crippen LogP contribution >= 0.6 is 11.8 Å². The number of thioether (sulfide) groups is 1. The van der Waals surface area contributed by atoms with E-state index >= 15 is 0 Å². The molecule has 0 spiro atoms. The van der Waals surface area contributed by atoms with Gasteiger partial charge in [0.05, 0.1) is 26.5 Å². The number of rotatable bonds is 2. The van der Waals surface area contributed by atoms with Crippen LogP contribution in [0.3, 0.4) is 0 Å². The number of carbonyl (C=O) groups excluding carboxylic acids is 4. The van der Waals surface area contributed by atoms with E-state index in [0.29, 0.717) is 13.1 Å². The molecule has 2 unspecified atom stereocenters. The van der Waals surface area contributed by atoms with Gasteiger partial charge in [-0.2, -0.15) is 0 Å². The monoisotopic (exact) mass is 554 g/mol. The molecule has 0 bridgehead atoms. The van der Waals surface area contributed by atoms with E-state index in [1.165, 1.54) is 23.8 Å². The Morgan fingerprint density at radius 3 is 1.69 bits per heavy atom. The number of methoxy groups -OCH3 is 2. The smallest absolute Gasteiger partial charge is 0.410 e. The second-order valence-electron chi connectivity index (χ2n) is 10.1. The molecule has 36 heavy (non-hydrogen) atoms. The summed E-state index contributed by atoms with van der Waals surface area (Å²) in [5.74, 6) is -0.693. The number of hydrogen-bond donors (Lipinski definition) is 0. The molecule has 208 valence electrons. The molecule has 2 heterocycles. The van der Waals surface area contributed by atoms with Gasteiger partial charge in [0.1, 0.15) is 16.5 Å². The van der Waals surface area contributed by atoms with Crippen molar-refractivity contribution in [3.8, 4) is 0 Å². The van der Waals surface area contributed by atoms with Gasteiger partial charge in [0.15, 0.2) is 15.1 Å². The fraction of sp³-hybridized carbons (Fsp3) is 0.818. The highest BCUT2D eigenvalue weighted by Gasteiger charge is 2.41. The Balaban J connectivity index is 0.000000362. The molecule has 2 rings (SSSR count). The molecule has 2 aliphatic rings. The summed E-state index contributed by atoms with van der Waals surface area (Å²) in [6, 6.07) is 0. The summed E-state index contributed by atoms with van der Waals surface area (Å²) in [5, 5.41) is -1.64. The lowest BCUT2D eigenvalue weighted by molar-refractivity contribution is -0.141. The van der Waals surface area contributed by atoms with Gasteiger partial charge in [-0.25, -0.2) is 18.0 Å². The lowest BCUT2D eigenvalue weighted by Crippen LogP contribution is -2.53. The van der Waals surface area contributed by atoms with Crippen molar-refractivity contribution in [1.82, 2.24) is 9.80 Å². The first-order valence-corrected chi connectivity index (χ1v) is 14.1. The van der Waals surface area contributed by atoms with Crippen molar-refractivity contribution in [1.29, 1.82) is 0 Å². The Morgan fingerprint density at radius 2 is 1.25 bits per heavy atom. The van der Waals surface area contributed by atoms with Crippen LogP contribution in [-0.2, 0) is 38.4 Å². The first-order valence-electron chi connectivity index (χ1n) is 11.3. The van der Waals surface area contributed by atoms with Crippen molar-refractivity contribution in [3.63, 3.8) is 0 Å². The van der Waals surface area contributed by atoms with Gasteiger partial charge in [0, 0.05) is 25.4 Å². The molecule has 0 radical (unpaired) electrons. The molecule has 0 aromatic carbocycles. The zero-order valence-electron chi connectivity index (χ0n) is 22.2. The van der Waals surface area contributed by atoms with Crippen molar-refractivity contribution in [2.75, 3.05) is 51.9 Å². The van der Waals surface area contributed by atoms with Crippen molar-refractivity contribution in [2.45, 2.75) is 63.2 Å². The summed E-state index contributed by atoms with van der Waals surface area (Å²) in [5.41, 5.74) is -1.18. The third-order valence-corrected chi connectivity index (χ3v) is 7.89. The largest absolute Gasteiger partial charge is 0.468 e. The lowest BCUT2D eigenvalue weighted by Gasteiger charge is -2.32. The number of sulfone groups is 1. The molecule has 0 aromatic heterocycles. The topological polar surface area (TPSA) is 146 Å². The quantitative estimate of drug-likeness (QED) is 0.363. The van der Waals surface area contributed by atoms with Gasteiger partial charge in [-0.05, 0) is 41.5 Å². The fourth-order valence-electron chi connectivity index (χ4n) is 3.05. The minimum absolute atomic E-state index is 0.0186. The van der Waals surface area contributed by atoms with Gasteiger partial charge in [-0.1, -0.05) is 0 Å². The van der Waals surface area contributed by atoms with Crippen LogP contribution in [-0.4, -0.2) is 116 Å². The SMILES string of the molecule is COC(=O)C1CN(C(=O)OC(C)(C)C)CCS1.COC(=O)C1CN(C(=O)OC(C)(C)C)CCS1(=O)=O. The van der Waals surface area contributed by atoms with Gasteiger partial charge in [0.25, 0.3) is 0 Å². The van der Waals surface area contributed by atoms with Crippen molar-refractivity contribution >= 4 is 45.7 Å². The molecule has 2 amide bonds. The molecule has 2 saturated heterocycles. The second kappa shape index (κ2) is 12.8. The highest BCUT2D eigenvalue weighted by molar-refractivity contribution is 8.00. The van der Waals surface area contributed by atoms with Crippen LogP contribution in [0.25, 0.3) is 0 Å². The fourth-order valence-corrected chi connectivity index (χ4v) is 5.73. The summed E-state index contributed by atoms with van der Waals surface area (Å²) in [6.07, 6.45) is -0.997. The van der Waals surface area contributed by atoms with Gasteiger partial charge in [-0.15, -0.1) is 11.8 Å². The Labute approximate surface area is 217 Å². The van der Waals surface area contributed by atoms with Crippen molar-refractivity contribution < 1.29 is 46.5 Å². The van der Waals surface area contributed by atoms with E-state index in [9.17, 15) is 27.6 Å². The van der Waals surface area contributed by atoms with E-state index in [2.05, 4.69) is 9.47 Å². The maximum absolute atomic E-state index is 11.8. The molecule has 12 nitrogen and oxygen atoms in total. The van der Waals surface area contributed by atoms with E-state index in [1.807, 2.05) is 20.8 Å². The maximum atomic E-state index is 11.8. The van der Waals surface area contributed by atoms with Crippen LogP contribution < -0.4 is 0 Å². The minimum atomic E-state index is -3.57. The maximum Gasteiger partial charge on any atom is 0.410 e. The van der Waals surface area contributed by atoms with Gasteiger partial charge in [0.2, 0.25) is 0 Å². The third kappa shape index (κ3) is 10.4. The lowest BCUT2D eigenvalue weighted by atomic mass is 10.2. The van der Waals surface area contributed by atoms with E-state index < -0.39 is 38.4 Å². The Morgan fingerprint density at radius 1 is 0.778 bits per heavy atom. The first-order chi connectivity index (χ1) is 16.4. The van der Waals surface area contributed by atoms with Crippen LogP contribution in [0.2, 0.25) is 0 Å². The van der Waals surface area contributed by atoms with Crippen LogP contribution in [0.4, 0.5) is 9.59 Å². The van der Waals surface area contributed by atoms with Crippen LogP contribution in [0.5, 0.6) is 0 Å². The molecular formula is C22H38N2O10S2. The predicted octanol–water partition coefficient (Wildman–Crippen LogP) is 1.71. The molecule has 0 N–H and O–H groups in total. The van der Waals surface area contributed by atoms with E-state index in [4.69, 9.17) is 9.47 Å².